The monoisotopic (exact) mass is 698 g/mol. The Bertz CT molecular complexity index is 3050. The number of aromatic nitrogens is 1. The normalized spacial score (nSPS) is 13.2. The first-order valence-electron chi connectivity index (χ1n) is 19.1. The van der Waals surface area contributed by atoms with Gasteiger partial charge in [0.1, 0.15) is 0 Å². The molecule has 2 heteroatoms. The molecule has 0 fully saturated rings. The van der Waals surface area contributed by atoms with Gasteiger partial charge >= 0.3 is 0 Å². The van der Waals surface area contributed by atoms with Gasteiger partial charge in [-0.1, -0.05) is 164 Å². The third-order valence-electron chi connectivity index (χ3n) is 12.2. The minimum atomic E-state index is -0.500. The Morgan fingerprint density at radius 1 is 0.364 bits per heavy atom. The Morgan fingerprint density at radius 3 is 1.53 bits per heavy atom. The minimum absolute atomic E-state index is 0.500. The average Bonchev–Trinajstić information content (AvgIpc) is 3.75. The van der Waals surface area contributed by atoms with Crippen LogP contribution in [0.5, 0.6) is 0 Å². The summed E-state index contributed by atoms with van der Waals surface area (Å²) in [7, 11) is 0. The lowest BCUT2D eigenvalue weighted by Crippen LogP contribution is -2.30. The molecular weight excluding hydrogens is 665 g/mol. The Labute approximate surface area is 319 Å². The van der Waals surface area contributed by atoms with Gasteiger partial charge in [0.2, 0.25) is 0 Å². The molecule has 1 heterocycles. The van der Waals surface area contributed by atoms with E-state index in [9.17, 15) is 0 Å². The van der Waals surface area contributed by atoms with E-state index in [1.165, 1.54) is 82.8 Å². The fourth-order valence-electron chi connectivity index (χ4n) is 10.1. The lowest BCUT2D eigenvalue weighted by Gasteiger charge is -2.38. The van der Waals surface area contributed by atoms with Crippen molar-refractivity contribution in [3.8, 4) is 27.9 Å². The van der Waals surface area contributed by atoms with E-state index in [1.54, 1.807) is 0 Å². The highest BCUT2D eigenvalue weighted by Crippen LogP contribution is 2.63. The van der Waals surface area contributed by atoms with Gasteiger partial charge in [0, 0.05) is 33.1 Å². The number of fused-ring (bicyclic) bond motifs is 7. The van der Waals surface area contributed by atoms with Crippen LogP contribution in [-0.2, 0) is 5.41 Å². The van der Waals surface area contributed by atoms with Crippen molar-refractivity contribution >= 4 is 49.6 Å². The van der Waals surface area contributed by atoms with E-state index in [4.69, 9.17) is 0 Å². The molecule has 0 atom stereocenters. The second-order valence-corrected chi connectivity index (χ2v) is 14.8. The standard InChI is InChI=1S/C53H34N2/c1-4-18-35(19-5-1)38-24-12-15-32-46(38)55-47-33-17-31-45-51(47)52-49(55)34-48(54(36-20-6-2-7-21-36)37-22-8-3-9-23-37)41-27-16-30-44(50(41)52)53(45)42-28-13-10-25-39(42)40-26-11-14-29-43(40)53/h1-34H. The third kappa shape index (κ3) is 3.98. The molecule has 2 aliphatic carbocycles. The molecule has 0 saturated heterocycles. The molecule has 55 heavy (non-hydrogen) atoms. The van der Waals surface area contributed by atoms with Gasteiger partial charge in [0.05, 0.1) is 27.8 Å². The summed E-state index contributed by atoms with van der Waals surface area (Å²) in [6.07, 6.45) is 0. The maximum atomic E-state index is 2.55. The highest BCUT2D eigenvalue weighted by Gasteiger charge is 2.50. The van der Waals surface area contributed by atoms with E-state index in [0.29, 0.717) is 0 Å². The first kappa shape index (κ1) is 30.3. The zero-order valence-electron chi connectivity index (χ0n) is 30.0. The van der Waals surface area contributed by atoms with Crippen molar-refractivity contribution < 1.29 is 0 Å². The molecule has 0 N–H and O–H groups in total. The summed E-state index contributed by atoms with van der Waals surface area (Å²) in [5.41, 5.74) is 16.9. The summed E-state index contributed by atoms with van der Waals surface area (Å²) in [6, 6.07) is 76.2. The summed E-state index contributed by atoms with van der Waals surface area (Å²) in [5.74, 6) is 0. The summed E-state index contributed by atoms with van der Waals surface area (Å²) < 4.78 is 2.55. The van der Waals surface area contributed by atoms with Gasteiger partial charge in [0.25, 0.3) is 0 Å². The number of hydrogen-bond donors (Lipinski definition) is 0. The van der Waals surface area contributed by atoms with Crippen LogP contribution >= 0.6 is 0 Å². The molecule has 0 amide bonds. The molecular formula is C53H34N2. The van der Waals surface area contributed by atoms with E-state index >= 15 is 0 Å². The van der Waals surface area contributed by atoms with Crippen LogP contribution in [0.15, 0.2) is 206 Å². The van der Waals surface area contributed by atoms with Crippen LogP contribution in [0.25, 0.3) is 60.5 Å². The number of para-hydroxylation sites is 3. The summed E-state index contributed by atoms with van der Waals surface area (Å²) in [5, 5.41) is 5.20. The smallest absolute Gasteiger partial charge is 0.0726 e. The lowest BCUT2D eigenvalue weighted by molar-refractivity contribution is 0.783. The van der Waals surface area contributed by atoms with Crippen molar-refractivity contribution in [2.75, 3.05) is 4.90 Å². The van der Waals surface area contributed by atoms with Crippen molar-refractivity contribution in [3.63, 3.8) is 0 Å². The summed E-state index contributed by atoms with van der Waals surface area (Å²) in [4.78, 5) is 2.45. The quantitative estimate of drug-likeness (QED) is 0.174. The summed E-state index contributed by atoms with van der Waals surface area (Å²) >= 11 is 0. The molecule has 0 saturated carbocycles. The highest BCUT2D eigenvalue weighted by atomic mass is 15.1. The van der Waals surface area contributed by atoms with Crippen molar-refractivity contribution in [2.24, 2.45) is 0 Å². The molecule has 0 radical (unpaired) electrons. The van der Waals surface area contributed by atoms with E-state index in [-0.39, 0.29) is 0 Å². The first-order valence-corrected chi connectivity index (χ1v) is 19.1. The van der Waals surface area contributed by atoms with Gasteiger partial charge in [-0.25, -0.2) is 0 Å². The molecule has 1 aromatic heterocycles. The molecule has 2 aliphatic rings. The fourth-order valence-corrected chi connectivity index (χ4v) is 10.1. The van der Waals surface area contributed by atoms with Gasteiger partial charge in [-0.3, -0.25) is 0 Å². The number of benzene rings is 9. The van der Waals surface area contributed by atoms with Crippen molar-refractivity contribution in [3.05, 3.63) is 229 Å². The first-order chi connectivity index (χ1) is 27.3. The van der Waals surface area contributed by atoms with E-state index < -0.39 is 5.41 Å². The second kappa shape index (κ2) is 11.4. The number of nitrogens with zero attached hydrogens (tertiary/aromatic N) is 2. The van der Waals surface area contributed by atoms with E-state index in [0.717, 1.165) is 17.1 Å². The van der Waals surface area contributed by atoms with Gasteiger partial charge in [-0.15, -0.1) is 0 Å². The largest absolute Gasteiger partial charge is 0.310 e. The SMILES string of the molecule is c1ccc(-c2ccccc2-n2c3cccc4c3c3c5c(cccc5c(N(c5ccccc5)c5ccccc5)cc32)C42c3ccccc3-c3ccccc32)cc1. The van der Waals surface area contributed by atoms with Gasteiger partial charge in [0.15, 0.2) is 0 Å². The summed E-state index contributed by atoms with van der Waals surface area (Å²) in [6.45, 7) is 0. The molecule has 9 aromatic carbocycles. The van der Waals surface area contributed by atoms with Gasteiger partial charge < -0.3 is 9.47 Å². The Balaban J connectivity index is 1.32. The van der Waals surface area contributed by atoms with Crippen molar-refractivity contribution in [1.29, 1.82) is 0 Å². The minimum Gasteiger partial charge on any atom is -0.310 e. The van der Waals surface area contributed by atoms with E-state index in [1.807, 2.05) is 0 Å². The molecule has 0 aliphatic heterocycles. The van der Waals surface area contributed by atoms with Gasteiger partial charge in [-0.2, -0.15) is 0 Å². The van der Waals surface area contributed by atoms with Crippen LogP contribution in [0.3, 0.4) is 0 Å². The van der Waals surface area contributed by atoms with Crippen LogP contribution in [0.1, 0.15) is 22.3 Å². The Morgan fingerprint density at radius 2 is 0.873 bits per heavy atom. The molecule has 0 unspecified atom stereocenters. The Kier molecular flexibility index (Phi) is 6.29. The van der Waals surface area contributed by atoms with Crippen molar-refractivity contribution in [1.82, 2.24) is 4.57 Å². The van der Waals surface area contributed by atoms with Crippen LogP contribution < -0.4 is 4.90 Å². The molecule has 0 bridgehead atoms. The van der Waals surface area contributed by atoms with Crippen LogP contribution in [0, 0.1) is 0 Å². The topological polar surface area (TPSA) is 8.17 Å². The molecule has 256 valence electrons. The van der Waals surface area contributed by atoms with Gasteiger partial charge in [-0.05, 0) is 86.8 Å². The second-order valence-electron chi connectivity index (χ2n) is 14.8. The highest BCUT2D eigenvalue weighted by molar-refractivity contribution is 6.29. The molecule has 10 aromatic rings. The lowest BCUT2D eigenvalue weighted by atomic mass is 9.63. The molecule has 1 spiro atoms. The zero-order chi connectivity index (χ0) is 36.1. The molecule has 2 nitrogen and oxygen atoms in total. The number of hydrogen-bond acceptors (Lipinski definition) is 1. The van der Waals surface area contributed by atoms with Crippen LogP contribution in [0.2, 0.25) is 0 Å². The van der Waals surface area contributed by atoms with Crippen LogP contribution in [0.4, 0.5) is 17.1 Å². The predicted molar refractivity (Wildman–Crippen MR) is 229 cm³/mol. The number of anilines is 3. The molecule has 12 rings (SSSR count). The maximum Gasteiger partial charge on any atom is 0.0726 e. The van der Waals surface area contributed by atoms with Crippen molar-refractivity contribution in [2.45, 2.75) is 5.41 Å². The average molecular weight is 699 g/mol. The number of rotatable bonds is 5. The third-order valence-corrected chi connectivity index (χ3v) is 12.2. The van der Waals surface area contributed by atoms with Crippen LogP contribution in [-0.4, -0.2) is 4.57 Å². The maximum absolute atomic E-state index is 2.55. The predicted octanol–water partition coefficient (Wildman–Crippen LogP) is 13.8. The zero-order valence-corrected chi connectivity index (χ0v) is 30.0. The Hall–Kier alpha value is -7.16. The van der Waals surface area contributed by atoms with E-state index in [2.05, 4.69) is 216 Å². The fraction of sp³-hybridized carbons (Fsp3) is 0.0189.